The fourth-order valence-electron chi connectivity index (χ4n) is 3.05. The van der Waals surface area contributed by atoms with Gasteiger partial charge >= 0.3 is 6.18 Å². The van der Waals surface area contributed by atoms with Gasteiger partial charge in [0.2, 0.25) is 5.91 Å². The third kappa shape index (κ3) is 6.31. The zero-order chi connectivity index (χ0) is 21.6. The van der Waals surface area contributed by atoms with E-state index >= 15 is 0 Å². The Balaban J connectivity index is 2.29. The number of aryl methyl sites for hydroxylation is 1. The van der Waals surface area contributed by atoms with Crippen molar-refractivity contribution in [2.24, 2.45) is 5.92 Å². The van der Waals surface area contributed by atoms with E-state index in [-0.39, 0.29) is 24.4 Å². The van der Waals surface area contributed by atoms with Crippen molar-refractivity contribution in [3.05, 3.63) is 46.8 Å². The van der Waals surface area contributed by atoms with Crippen molar-refractivity contribution in [3.8, 4) is 16.5 Å². The first-order valence-corrected chi connectivity index (χ1v) is 10.1. The van der Waals surface area contributed by atoms with Crippen LogP contribution >= 0.6 is 11.3 Å². The number of nitrogens with one attached hydrogen (secondary N) is 2. The van der Waals surface area contributed by atoms with E-state index in [0.717, 1.165) is 16.0 Å². The van der Waals surface area contributed by atoms with Gasteiger partial charge in [-0.1, -0.05) is 38.1 Å². The van der Waals surface area contributed by atoms with Crippen LogP contribution in [0.4, 0.5) is 13.2 Å². The van der Waals surface area contributed by atoms with Crippen molar-refractivity contribution >= 4 is 17.2 Å². The molecule has 0 aliphatic carbocycles. The van der Waals surface area contributed by atoms with E-state index in [0.29, 0.717) is 0 Å². The number of hydrogen-bond donors (Lipinski definition) is 2. The molecule has 1 aromatic carbocycles. The molecule has 0 unspecified atom stereocenters. The summed E-state index contributed by atoms with van der Waals surface area (Å²) in [5.41, 5.74) is 1.96. The van der Waals surface area contributed by atoms with Crippen LogP contribution in [0.5, 0.6) is 0 Å². The Morgan fingerprint density at radius 2 is 1.86 bits per heavy atom. The lowest BCUT2D eigenvalue weighted by atomic mass is 9.98. The van der Waals surface area contributed by atoms with Crippen molar-refractivity contribution < 1.29 is 18.0 Å². The van der Waals surface area contributed by atoms with Crippen LogP contribution in [-0.4, -0.2) is 24.7 Å². The van der Waals surface area contributed by atoms with Crippen molar-refractivity contribution in [1.82, 2.24) is 10.6 Å². The Labute approximate surface area is 172 Å². The van der Waals surface area contributed by atoms with E-state index < -0.39 is 24.2 Å². The quantitative estimate of drug-likeness (QED) is 0.589. The fourth-order valence-corrected chi connectivity index (χ4v) is 3.98. The zero-order valence-corrected chi connectivity index (χ0v) is 17.3. The molecular weight excluding hydrogens is 399 g/mol. The highest BCUT2D eigenvalue weighted by Gasteiger charge is 2.42. The Hall–Kier alpha value is -2.37. The molecule has 156 valence electrons. The van der Waals surface area contributed by atoms with Crippen molar-refractivity contribution in [3.63, 3.8) is 0 Å². The molecule has 1 aromatic heterocycles. The maximum absolute atomic E-state index is 13.8. The molecule has 0 aliphatic rings. The number of amides is 1. The maximum atomic E-state index is 13.8. The number of halogens is 3. The summed E-state index contributed by atoms with van der Waals surface area (Å²) in [6, 6.07) is 6.90. The smallest absolute Gasteiger partial charge is 0.342 e. The summed E-state index contributed by atoms with van der Waals surface area (Å²) in [6.45, 7) is 5.36. The Morgan fingerprint density at radius 3 is 2.34 bits per heavy atom. The van der Waals surface area contributed by atoms with Crippen LogP contribution in [0.1, 0.15) is 37.4 Å². The minimum absolute atomic E-state index is 0.00148. The number of alkyl halides is 3. The van der Waals surface area contributed by atoms with Crippen molar-refractivity contribution in [1.29, 1.82) is 5.26 Å². The van der Waals surface area contributed by atoms with Gasteiger partial charge < -0.3 is 5.32 Å². The molecule has 0 fully saturated rings. The summed E-state index contributed by atoms with van der Waals surface area (Å²) in [4.78, 5) is 13.3. The van der Waals surface area contributed by atoms with Crippen LogP contribution in [0.25, 0.3) is 10.4 Å². The average molecular weight is 424 g/mol. The number of rotatable bonds is 8. The third-order valence-electron chi connectivity index (χ3n) is 4.43. The van der Waals surface area contributed by atoms with Gasteiger partial charge in [-0.2, -0.15) is 18.4 Å². The van der Waals surface area contributed by atoms with Gasteiger partial charge in [0.25, 0.3) is 0 Å². The molecule has 2 aromatic rings. The molecule has 2 rings (SSSR count). The molecule has 8 heteroatoms. The highest BCUT2D eigenvalue weighted by Crippen LogP contribution is 2.35. The van der Waals surface area contributed by atoms with E-state index in [1.807, 2.05) is 32.2 Å². The molecule has 0 aliphatic heterocycles. The monoisotopic (exact) mass is 423 g/mol. The second-order valence-electron chi connectivity index (χ2n) is 7.25. The Morgan fingerprint density at radius 1 is 1.21 bits per heavy atom. The van der Waals surface area contributed by atoms with Gasteiger partial charge in [0, 0.05) is 4.88 Å². The minimum atomic E-state index is -4.58. The average Bonchev–Trinajstić information content (AvgIpc) is 3.08. The number of nitrogens with zero attached hydrogens (tertiary/aromatic N) is 1. The lowest BCUT2D eigenvalue weighted by molar-refractivity contribution is -0.161. The van der Waals surface area contributed by atoms with E-state index in [1.165, 1.54) is 23.5 Å². The minimum Gasteiger partial charge on any atom is -0.342 e. The van der Waals surface area contributed by atoms with Crippen LogP contribution in [0.3, 0.4) is 0 Å². The van der Waals surface area contributed by atoms with Gasteiger partial charge in [0.1, 0.15) is 12.6 Å². The lowest BCUT2D eigenvalue weighted by Crippen LogP contribution is -2.49. The normalized spacial score (nSPS) is 13.7. The van der Waals surface area contributed by atoms with Gasteiger partial charge in [-0.25, -0.2) is 0 Å². The van der Waals surface area contributed by atoms with Gasteiger partial charge in [0.05, 0.1) is 12.1 Å². The molecule has 0 saturated carbocycles. The van der Waals surface area contributed by atoms with Crippen LogP contribution in [0, 0.1) is 24.2 Å². The second kappa shape index (κ2) is 9.90. The standard InChI is InChI=1S/C21H24F3N3OS/c1-13(2)12-17(20(28)26-10-9-25)27-19(21(22,23)24)16-6-4-15(5-7-16)18-14(3)8-11-29-18/h4-8,11,13,17,19,27H,10,12H2,1-3H3,(H,26,28)/t17-,19-/m0/s1. The Kier molecular flexibility index (Phi) is 7.82. The largest absolute Gasteiger partial charge is 0.407 e. The van der Waals surface area contributed by atoms with Crippen LogP contribution in [0.15, 0.2) is 35.7 Å². The highest BCUT2D eigenvalue weighted by molar-refractivity contribution is 7.13. The number of carbonyl (C=O) groups excluding carboxylic acids is 1. The summed E-state index contributed by atoms with van der Waals surface area (Å²) >= 11 is 1.53. The molecule has 0 saturated heterocycles. The van der Waals surface area contributed by atoms with E-state index in [2.05, 4.69) is 10.6 Å². The highest BCUT2D eigenvalue weighted by atomic mass is 32.1. The summed E-state index contributed by atoms with van der Waals surface area (Å²) in [6.07, 6.45) is -4.36. The third-order valence-corrected chi connectivity index (χ3v) is 5.49. The molecule has 0 spiro atoms. The maximum Gasteiger partial charge on any atom is 0.407 e. The molecule has 29 heavy (non-hydrogen) atoms. The van der Waals surface area contributed by atoms with Gasteiger partial charge in [0.15, 0.2) is 0 Å². The number of nitriles is 1. The van der Waals surface area contributed by atoms with Gasteiger partial charge in [-0.15, -0.1) is 11.3 Å². The Bertz CT molecular complexity index is 853. The first-order chi connectivity index (χ1) is 13.6. The van der Waals surface area contributed by atoms with Crippen molar-refractivity contribution in [2.75, 3.05) is 6.54 Å². The fraction of sp³-hybridized carbons (Fsp3) is 0.429. The summed E-state index contributed by atoms with van der Waals surface area (Å²) in [5, 5.41) is 15.4. The predicted octanol–water partition coefficient (Wildman–Crippen LogP) is 4.97. The van der Waals surface area contributed by atoms with E-state index in [1.54, 1.807) is 18.2 Å². The predicted molar refractivity (Wildman–Crippen MR) is 108 cm³/mol. The van der Waals surface area contributed by atoms with E-state index in [4.69, 9.17) is 5.26 Å². The lowest BCUT2D eigenvalue weighted by Gasteiger charge is -2.28. The molecule has 0 bridgehead atoms. The molecule has 4 nitrogen and oxygen atoms in total. The molecule has 1 heterocycles. The van der Waals surface area contributed by atoms with E-state index in [9.17, 15) is 18.0 Å². The number of benzene rings is 1. The first kappa shape index (κ1) is 22.9. The first-order valence-electron chi connectivity index (χ1n) is 9.25. The molecule has 1 amide bonds. The van der Waals surface area contributed by atoms with Crippen molar-refractivity contribution in [2.45, 2.75) is 45.5 Å². The number of thiophene rings is 1. The molecule has 2 atom stereocenters. The van der Waals surface area contributed by atoms with Crippen LogP contribution in [-0.2, 0) is 4.79 Å². The van der Waals surface area contributed by atoms with Gasteiger partial charge in [-0.05, 0) is 47.4 Å². The van der Waals surface area contributed by atoms with Crippen LogP contribution < -0.4 is 10.6 Å². The second-order valence-corrected chi connectivity index (χ2v) is 8.17. The van der Waals surface area contributed by atoms with Crippen LogP contribution in [0.2, 0.25) is 0 Å². The number of carbonyl (C=O) groups is 1. The number of hydrogen-bond acceptors (Lipinski definition) is 4. The molecular formula is C21H24F3N3OS. The molecule has 0 radical (unpaired) electrons. The summed E-state index contributed by atoms with van der Waals surface area (Å²) in [7, 11) is 0. The topological polar surface area (TPSA) is 64.9 Å². The zero-order valence-electron chi connectivity index (χ0n) is 16.5. The SMILES string of the molecule is Cc1ccsc1-c1ccc([C@H](N[C@@H](CC(C)C)C(=O)NCC#N)C(F)(F)F)cc1. The molecule has 2 N–H and O–H groups in total. The summed E-state index contributed by atoms with van der Waals surface area (Å²) < 4.78 is 41.4. The van der Waals surface area contributed by atoms with Gasteiger partial charge in [-0.3, -0.25) is 10.1 Å². The summed E-state index contributed by atoms with van der Waals surface area (Å²) in [5.74, 6) is -0.612.